The molecule has 2 fully saturated rings. The summed E-state index contributed by atoms with van der Waals surface area (Å²) >= 11 is 0. The zero-order valence-corrected chi connectivity index (χ0v) is 26.2. The Morgan fingerprint density at radius 1 is 0.889 bits per heavy atom. The highest BCUT2D eigenvalue weighted by molar-refractivity contribution is 5.53. The van der Waals surface area contributed by atoms with Crippen LogP contribution in [0.5, 0.6) is 5.75 Å². The van der Waals surface area contributed by atoms with Crippen LogP contribution in [0.1, 0.15) is 74.2 Å². The molecule has 9 heteroatoms. The van der Waals surface area contributed by atoms with Crippen molar-refractivity contribution in [3.63, 3.8) is 0 Å². The number of hydrogen-bond acceptors (Lipinski definition) is 4. The quantitative estimate of drug-likeness (QED) is 0.277. The van der Waals surface area contributed by atoms with Crippen molar-refractivity contribution < 1.29 is 26.7 Å². The van der Waals surface area contributed by atoms with Crippen LogP contribution in [0.2, 0.25) is 0 Å². The molecule has 6 rings (SSSR count). The van der Waals surface area contributed by atoms with Gasteiger partial charge in [0.1, 0.15) is 24.0 Å². The van der Waals surface area contributed by atoms with Gasteiger partial charge in [-0.05, 0) is 98.0 Å². The molecular formula is C36H44F5N3O. The highest BCUT2D eigenvalue weighted by Crippen LogP contribution is 2.43. The topological polar surface area (TPSA) is 27.7 Å². The van der Waals surface area contributed by atoms with E-state index in [4.69, 9.17) is 4.74 Å². The van der Waals surface area contributed by atoms with Crippen molar-refractivity contribution in [2.75, 3.05) is 44.2 Å². The molecule has 2 atom stereocenters. The molecule has 0 amide bonds. The Morgan fingerprint density at radius 3 is 2.36 bits per heavy atom. The molecule has 0 bridgehead atoms. The number of anilines is 1. The predicted molar refractivity (Wildman–Crippen MR) is 169 cm³/mol. The lowest BCUT2D eigenvalue weighted by atomic mass is 9.74. The van der Waals surface area contributed by atoms with Crippen LogP contribution in [0, 0.1) is 17.0 Å². The molecule has 1 N–H and O–H groups in total. The summed E-state index contributed by atoms with van der Waals surface area (Å²) in [5.74, 6) is -1.06. The summed E-state index contributed by atoms with van der Waals surface area (Å²) in [6, 6.07) is 16.2. The maximum absolute atomic E-state index is 16.0. The zero-order chi connectivity index (χ0) is 32.0. The lowest BCUT2D eigenvalue weighted by molar-refractivity contribution is -0.150. The summed E-state index contributed by atoms with van der Waals surface area (Å²) in [7, 11) is 0. The van der Waals surface area contributed by atoms with Crippen molar-refractivity contribution in [3.8, 4) is 5.75 Å². The van der Waals surface area contributed by atoms with E-state index in [0.717, 1.165) is 67.8 Å². The minimum atomic E-state index is -4.52. The molecule has 45 heavy (non-hydrogen) atoms. The lowest BCUT2D eigenvalue weighted by Crippen LogP contribution is -2.44. The van der Waals surface area contributed by atoms with Crippen LogP contribution in [-0.4, -0.2) is 50.3 Å². The first-order chi connectivity index (χ1) is 21.7. The second kappa shape index (κ2) is 14.5. The van der Waals surface area contributed by atoms with Crippen LogP contribution < -0.4 is 15.0 Å². The summed E-state index contributed by atoms with van der Waals surface area (Å²) in [6.45, 7) is 6.44. The van der Waals surface area contributed by atoms with Crippen molar-refractivity contribution in [3.05, 3.63) is 94.6 Å². The van der Waals surface area contributed by atoms with E-state index in [1.54, 1.807) is 18.2 Å². The summed E-state index contributed by atoms with van der Waals surface area (Å²) in [6.07, 6.45) is 1.00. The number of benzene rings is 3. The fraction of sp³-hybridized carbons (Fsp3) is 0.500. The van der Waals surface area contributed by atoms with E-state index in [9.17, 15) is 13.2 Å². The Kier molecular flexibility index (Phi) is 10.7. The molecule has 0 radical (unpaired) electrons. The molecule has 3 aliphatic rings. The Balaban J connectivity index is 0.00000196. The van der Waals surface area contributed by atoms with Crippen molar-refractivity contribution in [1.29, 1.82) is 0 Å². The first-order valence-electron chi connectivity index (χ1n) is 16.2. The van der Waals surface area contributed by atoms with Gasteiger partial charge in [-0.1, -0.05) is 50.2 Å². The molecule has 0 saturated carbocycles. The minimum Gasteiger partial charge on any atom is -0.489 e. The summed E-state index contributed by atoms with van der Waals surface area (Å²) in [4.78, 5) is 3.20. The second-order valence-corrected chi connectivity index (χ2v) is 12.3. The normalized spacial score (nSPS) is 22.3. The standard InChI is InChI=1S/C34H38F5N3O.C2H6/c35-29-19-26(41-16-5-12-33(22-41)11-4-14-40-15-13-33)20-30(36)31(29)32-28-9-8-27(43-21-24-6-2-1-3-7-24)18-25(28)10-17-42(32)23-34(37,38)39;1-2/h1-3,6-9,18-20,32,40H,4-5,10-17,21-23H2;1-2H3. The van der Waals surface area contributed by atoms with Crippen LogP contribution in [0.25, 0.3) is 0 Å². The highest BCUT2D eigenvalue weighted by Gasteiger charge is 2.41. The third-order valence-corrected chi connectivity index (χ3v) is 9.33. The van der Waals surface area contributed by atoms with E-state index in [1.165, 1.54) is 12.1 Å². The second-order valence-electron chi connectivity index (χ2n) is 12.3. The Bertz CT molecular complexity index is 1380. The number of halogens is 5. The first kappa shape index (κ1) is 33.2. The van der Waals surface area contributed by atoms with E-state index in [1.807, 2.05) is 44.2 Å². The van der Waals surface area contributed by atoms with Gasteiger partial charge in [-0.2, -0.15) is 13.2 Å². The minimum absolute atomic E-state index is 0.0165. The molecule has 3 heterocycles. The molecule has 2 saturated heterocycles. The van der Waals surface area contributed by atoms with Crippen LogP contribution in [0.4, 0.5) is 27.6 Å². The largest absolute Gasteiger partial charge is 0.489 e. The summed E-state index contributed by atoms with van der Waals surface area (Å²) < 4.78 is 79.0. The van der Waals surface area contributed by atoms with Crippen molar-refractivity contribution in [2.45, 2.75) is 71.2 Å². The highest BCUT2D eigenvalue weighted by atomic mass is 19.4. The number of nitrogens with one attached hydrogen (secondary N) is 1. The number of ether oxygens (including phenoxy) is 1. The third-order valence-electron chi connectivity index (χ3n) is 9.33. The van der Waals surface area contributed by atoms with Gasteiger partial charge in [0.05, 0.1) is 12.6 Å². The summed E-state index contributed by atoms with van der Waals surface area (Å²) in [5, 5.41) is 3.45. The maximum Gasteiger partial charge on any atom is 0.401 e. The molecule has 0 aromatic heterocycles. The number of nitrogens with zero attached hydrogens (tertiary/aromatic N) is 2. The molecule has 1 spiro atoms. The molecule has 0 aliphatic carbocycles. The molecular weight excluding hydrogens is 585 g/mol. The van der Waals surface area contributed by atoms with Gasteiger partial charge in [-0.15, -0.1) is 0 Å². The van der Waals surface area contributed by atoms with Gasteiger partial charge < -0.3 is 15.0 Å². The maximum atomic E-state index is 16.0. The van der Waals surface area contributed by atoms with Gasteiger partial charge in [-0.3, -0.25) is 4.90 Å². The van der Waals surface area contributed by atoms with Crippen molar-refractivity contribution in [2.24, 2.45) is 5.41 Å². The van der Waals surface area contributed by atoms with Crippen LogP contribution in [0.15, 0.2) is 60.7 Å². The zero-order valence-electron chi connectivity index (χ0n) is 26.2. The average molecular weight is 630 g/mol. The summed E-state index contributed by atoms with van der Waals surface area (Å²) in [5.41, 5.74) is 2.41. The lowest BCUT2D eigenvalue weighted by Gasteiger charge is -2.44. The number of fused-ring (bicyclic) bond motifs is 1. The van der Waals surface area contributed by atoms with Gasteiger partial charge >= 0.3 is 6.18 Å². The van der Waals surface area contributed by atoms with E-state index < -0.39 is 30.4 Å². The third kappa shape index (κ3) is 7.98. The smallest absolute Gasteiger partial charge is 0.401 e. The van der Waals surface area contributed by atoms with Crippen LogP contribution in [0.3, 0.4) is 0 Å². The van der Waals surface area contributed by atoms with Crippen LogP contribution in [-0.2, 0) is 13.0 Å². The van der Waals surface area contributed by atoms with Gasteiger partial charge in [0.15, 0.2) is 0 Å². The fourth-order valence-electron chi connectivity index (χ4n) is 7.27. The van der Waals surface area contributed by atoms with Gasteiger partial charge in [-0.25, -0.2) is 8.78 Å². The van der Waals surface area contributed by atoms with Crippen molar-refractivity contribution >= 4 is 5.69 Å². The molecule has 3 aromatic carbocycles. The monoisotopic (exact) mass is 629 g/mol. The number of piperidine rings is 1. The molecule has 2 unspecified atom stereocenters. The van der Waals surface area contributed by atoms with Gasteiger partial charge in [0, 0.05) is 30.9 Å². The fourth-order valence-corrected chi connectivity index (χ4v) is 7.27. The van der Waals surface area contributed by atoms with Crippen LogP contribution >= 0.6 is 0 Å². The number of alkyl halides is 3. The molecule has 244 valence electrons. The molecule has 3 aliphatic heterocycles. The number of hydrogen-bond donors (Lipinski definition) is 1. The Labute approximate surface area is 263 Å². The van der Waals surface area contributed by atoms with Gasteiger partial charge in [0.2, 0.25) is 0 Å². The first-order valence-corrected chi connectivity index (χ1v) is 16.2. The van der Waals surface area contributed by atoms with E-state index in [-0.39, 0.29) is 17.5 Å². The number of rotatable bonds is 6. The Morgan fingerprint density at radius 2 is 1.62 bits per heavy atom. The SMILES string of the molecule is CC.Fc1cc(N2CCCC3(CCCNCC3)C2)cc(F)c1C1c2ccc(OCc3ccccc3)cc2CCN1CC(F)(F)F. The predicted octanol–water partition coefficient (Wildman–Crippen LogP) is 8.44. The average Bonchev–Trinajstić information content (AvgIpc) is 3.26. The van der Waals surface area contributed by atoms with E-state index in [0.29, 0.717) is 36.6 Å². The van der Waals surface area contributed by atoms with Gasteiger partial charge in [0.25, 0.3) is 0 Å². The molecule has 4 nitrogen and oxygen atoms in total. The van der Waals surface area contributed by atoms with Crippen molar-refractivity contribution in [1.82, 2.24) is 10.2 Å². The van der Waals surface area contributed by atoms with E-state index in [2.05, 4.69) is 10.2 Å². The van der Waals surface area contributed by atoms with E-state index >= 15 is 8.78 Å². The molecule has 3 aromatic rings. The Hall–Kier alpha value is -3.17.